The fourth-order valence-corrected chi connectivity index (χ4v) is 2.25. The molecular formula is C18H20O6. The van der Waals surface area contributed by atoms with E-state index < -0.39 is 12.3 Å². The molecule has 128 valence electrons. The number of hydrogen-bond acceptors (Lipinski definition) is 6. The van der Waals surface area contributed by atoms with Gasteiger partial charge in [-0.1, -0.05) is 30.4 Å². The lowest BCUT2D eigenvalue weighted by molar-refractivity contribution is 0.0797. The predicted molar refractivity (Wildman–Crippen MR) is 87.5 cm³/mol. The minimum atomic E-state index is -0.779. The minimum absolute atomic E-state index is 0.223. The summed E-state index contributed by atoms with van der Waals surface area (Å²) >= 11 is 0. The van der Waals surface area contributed by atoms with Crippen LogP contribution in [-0.2, 0) is 14.2 Å². The van der Waals surface area contributed by atoms with Gasteiger partial charge in [0.2, 0.25) is 0 Å². The largest absolute Gasteiger partial charge is 0.513 e. The zero-order chi connectivity index (χ0) is 17.4. The van der Waals surface area contributed by atoms with Gasteiger partial charge in [-0.15, -0.1) is 0 Å². The Morgan fingerprint density at radius 2 is 1.67 bits per heavy atom. The number of ether oxygens (including phenoxy) is 4. The van der Waals surface area contributed by atoms with E-state index in [9.17, 15) is 9.59 Å². The van der Waals surface area contributed by atoms with Crippen molar-refractivity contribution in [2.45, 2.75) is 26.7 Å². The van der Waals surface area contributed by atoms with Gasteiger partial charge in [0.25, 0.3) is 0 Å². The molecule has 0 saturated carbocycles. The first-order valence-corrected chi connectivity index (χ1v) is 7.84. The first-order valence-electron chi connectivity index (χ1n) is 7.84. The third-order valence-corrected chi connectivity index (χ3v) is 3.22. The topological polar surface area (TPSA) is 71.1 Å². The average Bonchev–Trinajstić information content (AvgIpc) is 2.56. The molecule has 1 aromatic carbocycles. The molecule has 0 heterocycles. The molecule has 1 aliphatic rings. The SMILES string of the molecule is CCOC(=O)OC1=C(c2ccccc2OC(=O)OCC)C=CCC1. The van der Waals surface area contributed by atoms with Gasteiger partial charge in [0.15, 0.2) is 0 Å². The molecule has 0 aliphatic heterocycles. The molecule has 0 saturated heterocycles. The lowest BCUT2D eigenvalue weighted by atomic mass is 9.97. The van der Waals surface area contributed by atoms with Crippen molar-refractivity contribution < 1.29 is 28.5 Å². The molecule has 0 N–H and O–H groups in total. The second-order valence-electron chi connectivity index (χ2n) is 4.84. The number of allylic oxidation sites excluding steroid dienone is 4. The summed E-state index contributed by atoms with van der Waals surface area (Å²) in [5, 5.41) is 0. The third-order valence-electron chi connectivity index (χ3n) is 3.22. The number of hydrogen-bond donors (Lipinski definition) is 0. The van der Waals surface area contributed by atoms with E-state index in [4.69, 9.17) is 18.9 Å². The Morgan fingerprint density at radius 3 is 2.38 bits per heavy atom. The van der Waals surface area contributed by atoms with E-state index in [1.54, 1.807) is 32.0 Å². The first-order chi connectivity index (χ1) is 11.7. The van der Waals surface area contributed by atoms with E-state index >= 15 is 0 Å². The molecule has 6 heteroatoms. The Morgan fingerprint density at radius 1 is 1.00 bits per heavy atom. The molecule has 1 aromatic rings. The number of benzene rings is 1. The molecule has 0 atom stereocenters. The van der Waals surface area contributed by atoms with E-state index in [-0.39, 0.29) is 13.2 Å². The normalized spacial score (nSPS) is 13.4. The highest BCUT2D eigenvalue weighted by Crippen LogP contribution is 2.34. The third kappa shape index (κ3) is 4.62. The summed E-state index contributed by atoms with van der Waals surface area (Å²) < 4.78 is 20.2. The molecule has 0 bridgehead atoms. The number of carbonyl (C=O) groups is 2. The van der Waals surface area contributed by atoms with Crippen LogP contribution in [-0.4, -0.2) is 25.5 Å². The van der Waals surface area contributed by atoms with Gasteiger partial charge in [-0.25, -0.2) is 9.59 Å². The lowest BCUT2D eigenvalue weighted by Gasteiger charge is -2.17. The zero-order valence-electron chi connectivity index (χ0n) is 13.7. The maximum atomic E-state index is 11.6. The molecule has 0 spiro atoms. The monoisotopic (exact) mass is 332 g/mol. The summed E-state index contributed by atoms with van der Waals surface area (Å²) in [7, 11) is 0. The Kier molecular flexibility index (Phi) is 6.42. The van der Waals surface area contributed by atoms with Crippen LogP contribution in [0.1, 0.15) is 32.3 Å². The molecule has 0 fully saturated rings. The van der Waals surface area contributed by atoms with Crippen LogP contribution >= 0.6 is 0 Å². The smallest absolute Gasteiger partial charge is 0.434 e. The molecule has 0 amide bonds. The molecule has 2 rings (SSSR count). The van der Waals surface area contributed by atoms with Crippen molar-refractivity contribution in [3.8, 4) is 5.75 Å². The van der Waals surface area contributed by atoms with Crippen molar-refractivity contribution in [2.75, 3.05) is 13.2 Å². The highest BCUT2D eigenvalue weighted by atomic mass is 16.7. The van der Waals surface area contributed by atoms with Crippen LogP contribution in [0.5, 0.6) is 5.75 Å². The lowest BCUT2D eigenvalue weighted by Crippen LogP contribution is -2.12. The average molecular weight is 332 g/mol. The molecule has 24 heavy (non-hydrogen) atoms. The van der Waals surface area contributed by atoms with Crippen LogP contribution in [0, 0.1) is 0 Å². The standard InChI is InChI=1S/C18H20O6/c1-3-21-17(19)23-15-11-7-5-9-13(15)14-10-6-8-12-16(14)24-18(20)22-4-2/h5-7,9-11H,3-4,8,12H2,1-2H3. The highest BCUT2D eigenvalue weighted by Gasteiger charge is 2.20. The molecule has 1 aliphatic carbocycles. The Balaban J connectivity index is 2.33. The van der Waals surface area contributed by atoms with Crippen molar-refractivity contribution in [3.63, 3.8) is 0 Å². The van der Waals surface area contributed by atoms with Crippen LogP contribution in [0.3, 0.4) is 0 Å². The Hall–Kier alpha value is -2.76. The maximum absolute atomic E-state index is 11.6. The fraction of sp³-hybridized carbons (Fsp3) is 0.333. The predicted octanol–water partition coefficient (Wildman–Crippen LogP) is 4.46. The van der Waals surface area contributed by atoms with Gasteiger partial charge in [0.1, 0.15) is 11.5 Å². The number of rotatable bonds is 5. The molecule has 6 nitrogen and oxygen atoms in total. The number of para-hydroxylation sites is 1. The summed E-state index contributed by atoms with van der Waals surface area (Å²) in [6, 6.07) is 7.00. The second-order valence-corrected chi connectivity index (χ2v) is 4.84. The van der Waals surface area contributed by atoms with E-state index in [0.29, 0.717) is 29.1 Å². The Labute approximate surface area is 140 Å². The van der Waals surface area contributed by atoms with Gasteiger partial charge >= 0.3 is 12.3 Å². The van der Waals surface area contributed by atoms with Crippen LogP contribution in [0.4, 0.5) is 9.59 Å². The van der Waals surface area contributed by atoms with Crippen molar-refractivity contribution in [1.29, 1.82) is 0 Å². The van der Waals surface area contributed by atoms with Crippen LogP contribution in [0.15, 0.2) is 42.2 Å². The maximum Gasteiger partial charge on any atom is 0.513 e. The van der Waals surface area contributed by atoms with Crippen LogP contribution in [0.2, 0.25) is 0 Å². The van der Waals surface area contributed by atoms with Crippen LogP contribution < -0.4 is 4.74 Å². The van der Waals surface area contributed by atoms with Crippen molar-refractivity contribution in [2.24, 2.45) is 0 Å². The van der Waals surface area contributed by atoms with Gasteiger partial charge in [-0.3, -0.25) is 0 Å². The van der Waals surface area contributed by atoms with E-state index in [1.807, 2.05) is 18.2 Å². The fourth-order valence-electron chi connectivity index (χ4n) is 2.25. The second kappa shape index (κ2) is 8.76. The molecule has 0 unspecified atom stereocenters. The van der Waals surface area contributed by atoms with E-state index in [0.717, 1.165) is 6.42 Å². The van der Waals surface area contributed by atoms with Gasteiger partial charge in [-0.2, -0.15) is 0 Å². The van der Waals surface area contributed by atoms with Crippen molar-refractivity contribution in [3.05, 3.63) is 47.7 Å². The highest BCUT2D eigenvalue weighted by molar-refractivity contribution is 5.82. The summed E-state index contributed by atoms with van der Waals surface area (Å²) in [6.45, 7) is 3.87. The van der Waals surface area contributed by atoms with Gasteiger partial charge in [0, 0.05) is 17.6 Å². The van der Waals surface area contributed by atoms with Gasteiger partial charge < -0.3 is 18.9 Å². The Bertz CT molecular complexity index is 659. The quantitative estimate of drug-likeness (QED) is 0.586. The van der Waals surface area contributed by atoms with Crippen LogP contribution in [0.25, 0.3) is 5.57 Å². The first kappa shape index (κ1) is 17.6. The van der Waals surface area contributed by atoms with Crippen molar-refractivity contribution >= 4 is 17.9 Å². The summed E-state index contributed by atoms with van der Waals surface area (Å²) in [6.07, 6.45) is 3.58. The molecule has 0 radical (unpaired) electrons. The van der Waals surface area contributed by atoms with E-state index in [1.165, 1.54) is 0 Å². The summed E-state index contributed by atoms with van der Waals surface area (Å²) in [4.78, 5) is 23.2. The zero-order valence-corrected chi connectivity index (χ0v) is 13.7. The van der Waals surface area contributed by atoms with Gasteiger partial charge in [-0.05, 0) is 26.3 Å². The summed E-state index contributed by atoms with van der Waals surface area (Å²) in [5.41, 5.74) is 1.31. The molecule has 0 aromatic heterocycles. The van der Waals surface area contributed by atoms with Crippen molar-refractivity contribution in [1.82, 2.24) is 0 Å². The van der Waals surface area contributed by atoms with E-state index in [2.05, 4.69) is 0 Å². The number of carbonyl (C=O) groups excluding carboxylic acids is 2. The summed E-state index contributed by atoms with van der Waals surface area (Å²) in [5.74, 6) is 0.818. The van der Waals surface area contributed by atoms with Gasteiger partial charge in [0.05, 0.1) is 13.2 Å². The molecular weight excluding hydrogens is 312 g/mol. The minimum Gasteiger partial charge on any atom is -0.434 e.